The SMILES string of the molecule is CC(C)NC(=O)CNCCNC(N)=O. The van der Waals surface area contributed by atoms with Crippen LogP contribution in [-0.4, -0.2) is 37.6 Å². The summed E-state index contributed by atoms with van der Waals surface area (Å²) in [6.45, 7) is 4.98. The molecule has 6 nitrogen and oxygen atoms in total. The molecular formula is C8H18N4O2. The van der Waals surface area contributed by atoms with Crippen LogP contribution in [0.5, 0.6) is 0 Å². The van der Waals surface area contributed by atoms with Gasteiger partial charge in [0.15, 0.2) is 0 Å². The monoisotopic (exact) mass is 202 g/mol. The van der Waals surface area contributed by atoms with Crippen molar-refractivity contribution in [3.05, 3.63) is 0 Å². The molecule has 0 spiro atoms. The second-order valence-corrected chi connectivity index (χ2v) is 3.19. The van der Waals surface area contributed by atoms with Crippen LogP contribution in [0.4, 0.5) is 4.79 Å². The van der Waals surface area contributed by atoms with Crippen molar-refractivity contribution in [3.8, 4) is 0 Å². The quantitative estimate of drug-likeness (QED) is 0.406. The predicted octanol–water partition coefficient (Wildman–Crippen LogP) is -1.23. The molecule has 0 rings (SSSR count). The van der Waals surface area contributed by atoms with Gasteiger partial charge in [-0.3, -0.25) is 4.79 Å². The minimum atomic E-state index is -0.557. The third kappa shape index (κ3) is 8.79. The molecule has 0 fully saturated rings. The normalized spacial score (nSPS) is 9.93. The molecule has 0 aromatic heterocycles. The number of hydrogen-bond acceptors (Lipinski definition) is 3. The number of carbonyl (C=O) groups excluding carboxylic acids is 2. The van der Waals surface area contributed by atoms with Gasteiger partial charge in [0.2, 0.25) is 5.91 Å². The summed E-state index contributed by atoms with van der Waals surface area (Å²) in [4.78, 5) is 21.3. The highest BCUT2D eigenvalue weighted by Gasteiger charge is 2.01. The Morgan fingerprint density at radius 3 is 2.43 bits per heavy atom. The Hall–Kier alpha value is -1.30. The van der Waals surface area contributed by atoms with E-state index in [1.165, 1.54) is 0 Å². The molecule has 0 radical (unpaired) electrons. The van der Waals surface area contributed by atoms with Gasteiger partial charge in [-0.2, -0.15) is 0 Å². The van der Waals surface area contributed by atoms with E-state index in [-0.39, 0.29) is 18.5 Å². The van der Waals surface area contributed by atoms with Gasteiger partial charge in [0.25, 0.3) is 0 Å². The molecule has 0 aromatic carbocycles. The highest BCUT2D eigenvalue weighted by atomic mass is 16.2. The molecule has 0 bridgehead atoms. The molecule has 6 heteroatoms. The number of rotatable bonds is 6. The molecule has 0 saturated heterocycles. The molecule has 0 unspecified atom stereocenters. The zero-order chi connectivity index (χ0) is 11.0. The van der Waals surface area contributed by atoms with E-state index in [4.69, 9.17) is 5.73 Å². The van der Waals surface area contributed by atoms with Gasteiger partial charge < -0.3 is 21.7 Å². The summed E-state index contributed by atoms with van der Waals surface area (Å²) >= 11 is 0. The van der Waals surface area contributed by atoms with Crippen LogP contribution in [0.2, 0.25) is 0 Å². The molecule has 0 aliphatic carbocycles. The summed E-state index contributed by atoms with van der Waals surface area (Å²) in [7, 11) is 0. The first kappa shape index (κ1) is 12.7. The van der Waals surface area contributed by atoms with E-state index in [1.807, 2.05) is 13.8 Å². The van der Waals surface area contributed by atoms with Crippen LogP contribution in [0.25, 0.3) is 0 Å². The fourth-order valence-electron chi connectivity index (χ4n) is 0.849. The van der Waals surface area contributed by atoms with Gasteiger partial charge in [0.05, 0.1) is 6.54 Å². The van der Waals surface area contributed by atoms with Crippen LogP contribution in [-0.2, 0) is 4.79 Å². The Labute approximate surface area is 83.6 Å². The Morgan fingerprint density at radius 2 is 1.93 bits per heavy atom. The lowest BCUT2D eigenvalue weighted by atomic mass is 10.4. The number of nitrogens with one attached hydrogen (secondary N) is 3. The zero-order valence-electron chi connectivity index (χ0n) is 8.59. The maximum Gasteiger partial charge on any atom is 0.312 e. The topological polar surface area (TPSA) is 96.2 Å². The van der Waals surface area contributed by atoms with E-state index in [1.54, 1.807) is 0 Å². The average Bonchev–Trinajstić information content (AvgIpc) is 2.01. The van der Waals surface area contributed by atoms with Gasteiger partial charge in [-0.1, -0.05) is 0 Å². The molecule has 0 aliphatic heterocycles. The largest absolute Gasteiger partial charge is 0.353 e. The fraction of sp³-hybridized carbons (Fsp3) is 0.750. The van der Waals surface area contributed by atoms with E-state index in [0.29, 0.717) is 13.1 Å². The number of hydrogen-bond donors (Lipinski definition) is 4. The number of carbonyl (C=O) groups is 2. The molecule has 0 aromatic rings. The molecule has 0 aliphatic rings. The van der Waals surface area contributed by atoms with Crippen LogP contribution in [0.1, 0.15) is 13.8 Å². The molecular weight excluding hydrogens is 184 g/mol. The van der Waals surface area contributed by atoms with Gasteiger partial charge >= 0.3 is 6.03 Å². The second kappa shape index (κ2) is 7.14. The first-order chi connectivity index (χ1) is 6.52. The van der Waals surface area contributed by atoms with Crippen LogP contribution in [0.3, 0.4) is 0 Å². The highest BCUT2D eigenvalue weighted by molar-refractivity contribution is 5.78. The van der Waals surface area contributed by atoms with E-state index >= 15 is 0 Å². The standard InChI is InChI=1S/C8H18N4O2/c1-6(2)12-7(13)5-10-3-4-11-8(9)14/h6,10H,3-5H2,1-2H3,(H,12,13)(H3,9,11,14). The molecule has 0 heterocycles. The molecule has 0 saturated carbocycles. The minimum absolute atomic E-state index is 0.0564. The van der Waals surface area contributed by atoms with Crippen molar-refractivity contribution in [2.75, 3.05) is 19.6 Å². The molecule has 14 heavy (non-hydrogen) atoms. The van der Waals surface area contributed by atoms with Crippen molar-refractivity contribution in [3.63, 3.8) is 0 Å². The summed E-state index contributed by atoms with van der Waals surface area (Å²) in [6, 6.07) is -0.411. The van der Waals surface area contributed by atoms with Crippen molar-refractivity contribution < 1.29 is 9.59 Å². The van der Waals surface area contributed by atoms with Crippen LogP contribution < -0.4 is 21.7 Å². The van der Waals surface area contributed by atoms with E-state index in [0.717, 1.165) is 0 Å². The molecule has 0 atom stereocenters. The lowest BCUT2D eigenvalue weighted by Gasteiger charge is -2.08. The highest BCUT2D eigenvalue weighted by Crippen LogP contribution is 1.75. The van der Waals surface area contributed by atoms with Gasteiger partial charge in [-0.15, -0.1) is 0 Å². The maximum atomic E-state index is 11.1. The number of primary amides is 1. The van der Waals surface area contributed by atoms with Crippen LogP contribution >= 0.6 is 0 Å². The van der Waals surface area contributed by atoms with E-state index in [2.05, 4.69) is 16.0 Å². The van der Waals surface area contributed by atoms with E-state index in [9.17, 15) is 9.59 Å². The lowest BCUT2D eigenvalue weighted by Crippen LogP contribution is -2.41. The van der Waals surface area contributed by atoms with Gasteiger partial charge in [0, 0.05) is 19.1 Å². The number of urea groups is 1. The maximum absolute atomic E-state index is 11.1. The summed E-state index contributed by atoms with van der Waals surface area (Å²) in [5.74, 6) is -0.0564. The molecule has 5 N–H and O–H groups in total. The Kier molecular flexibility index (Phi) is 6.47. The van der Waals surface area contributed by atoms with Gasteiger partial charge in [-0.05, 0) is 13.8 Å². The number of nitrogens with two attached hydrogens (primary N) is 1. The van der Waals surface area contributed by atoms with Crippen molar-refractivity contribution in [1.82, 2.24) is 16.0 Å². The first-order valence-electron chi connectivity index (χ1n) is 4.55. The molecule has 82 valence electrons. The van der Waals surface area contributed by atoms with E-state index < -0.39 is 6.03 Å². The minimum Gasteiger partial charge on any atom is -0.353 e. The van der Waals surface area contributed by atoms with Crippen LogP contribution in [0.15, 0.2) is 0 Å². The lowest BCUT2D eigenvalue weighted by molar-refractivity contribution is -0.120. The third-order valence-electron chi connectivity index (χ3n) is 1.34. The van der Waals surface area contributed by atoms with Crippen LogP contribution in [0, 0.1) is 0 Å². The third-order valence-corrected chi connectivity index (χ3v) is 1.34. The smallest absolute Gasteiger partial charge is 0.312 e. The Morgan fingerprint density at radius 1 is 1.29 bits per heavy atom. The van der Waals surface area contributed by atoms with Crippen molar-refractivity contribution in [2.24, 2.45) is 5.73 Å². The summed E-state index contributed by atoms with van der Waals surface area (Å²) in [5.41, 5.74) is 4.84. The van der Waals surface area contributed by atoms with Crippen molar-refractivity contribution in [2.45, 2.75) is 19.9 Å². The van der Waals surface area contributed by atoms with Gasteiger partial charge in [0.1, 0.15) is 0 Å². The summed E-state index contributed by atoms with van der Waals surface area (Å²) in [5, 5.41) is 8.00. The average molecular weight is 202 g/mol. The van der Waals surface area contributed by atoms with Crippen molar-refractivity contribution >= 4 is 11.9 Å². The molecule has 3 amide bonds. The zero-order valence-corrected chi connectivity index (χ0v) is 8.59. The Bertz CT molecular complexity index is 194. The fourth-order valence-corrected chi connectivity index (χ4v) is 0.849. The van der Waals surface area contributed by atoms with Crippen molar-refractivity contribution in [1.29, 1.82) is 0 Å². The predicted molar refractivity (Wildman–Crippen MR) is 53.7 cm³/mol. The Balaban J connectivity index is 3.27. The van der Waals surface area contributed by atoms with Gasteiger partial charge in [-0.25, -0.2) is 4.79 Å². The number of amides is 3. The summed E-state index contributed by atoms with van der Waals surface area (Å²) < 4.78 is 0. The first-order valence-corrected chi connectivity index (χ1v) is 4.55. The summed E-state index contributed by atoms with van der Waals surface area (Å²) in [6.07, 6.45) is 0. The second-order valence-electron chi connectivity index (χ2n) is 3.19.